The second kappa shape index (κ2) is 6.02. The molecule has 0 heterocycles. The van der Waals surface area contributed by atoms with Crippen molar-refractivity contribution >= 4 is 0 Å². The summed E-state index contributed by atoms with van der Waals surface area (Å²) in [6.07, 6.45) is 0. The SMILES string of the molecule is Cc1ccc(C(C)C)cc1CNCC(C)(C)C#N. The van der Waals surface area contributed by atoms with Crippen LogP contribution in [0, 0.1) is 23.7 Å². The van der Waals surface area contributed by atoms with Crippen LogP contribution in [0.1, 0.15) is 50.3 Å². The van der Waals surface area contributed by atoms with Crippen molar-refractivity contribution in [2.45, 2.75) is 47.1 Å². The zero-order valence-electron chi connectivity index (χ0n) is 12.2. The summed E-state index contributed by atoms with van der Waals surface area (Å²) in [6, 6.07) is 8.96. The van der Waals surface area contributed by atoms with E-state index in [1.807, 2.05) is 13.8 Å². The average Bonchev–Trinajstić information content (AvgIpc) is 2.31. The predicted molar refractivity (Wildman–Crippen MR) is 76.4 cm³/mol. The highest BCUT2D eigenvalue weighted by Crippen LogP contribution is 2.19. The molecule has 0 bridgehead atoms. The third-order valence-electron chi connectivity index (χ3n) is 3.22. The minimum Gasteiger partial charge on any atom is -0.311 e. The molecular weight excluding hydrogens is 220 g/mol. The number of nitrogens with one attached hydrogen (secondary N) is 1. The molecule has 0 aliphatic rings. The first kappa shape index (κ1) is 14.7. The van der Waals surface area contributed by atoms with Crippen LogP contribution < -0.4 is 5.32 Å². The van der Waals surface area contributed by atoms with Crippen LogP contribution in [-0.2, 0) is 6.54 Å². The topological polar surface area (TPSA) is 35.8 Å². The fourth-order valence-electron chi connectivity index (χ4n) is 1.79. The average molecular weight is 244 g/mol. The zero-order chi connectivity index (χ0) is 13.8. The van der Waals surface area contributed by atoms with Gasteiger partial charge in [0.2, 0.25) is 0 Å². The van der Waals surface area contributed by atoms with E-state index in [1.54, 1.807) is 0 Å². The molecule has 2 heteroatoms. The van der Waals surface area contributed by atoms with Gasteiger partial charge in [0, 0.05) is 13.1 Å². The van der Waals surface area contributed by atoms with Gasteiger partial charge in [-0.05, 0) is 43.4 Å². The number of aryl methyl sites for hydroxylation is 1. The molecule has 1 rings (SSSR count). The first-order valence-electron chi connectivity index (χ1n) is 6.57. The van der Waals surface area contributed by atoms with Crippen LogP contribution in [0.2, 0.25) is 0 Å². The van der Waals surface area contributed by atoms with Crippen LogP contribution in [0.3, 0.4) is 0 Å². The fraction of sp³-hybridized carbons (Fsp3) is 0.562. The summed E-state index contributed by atoms with van der Waals surface area (Å²) in [5, 5.41) is 12.4. The Morgan fingerprint density at radius 3 is 2.56 bits per heavy atom. The van der Waals surface area contributed by atoms with Crippen molar-refractivity contribution in [2.24, 2.45) is 5.41 Å². The summed E-state index contributed by atoms with van der Waals surface area (Å²) >= 11 is 0. The Kier molecular flexibility index (Phi) is 4.93. The number of rotatable bonds is 5. The van der Waals surface area contributed by atoms with E-state index < -0.39 is 0 Å². The van der Waals surface area contributed by atoms with Crippen molar-refractivity contribution in [3.8, 4) is 6.07 Å². The Labute approximate surface area is 111 Å². The standard InChI is InChI=1S/C16H24N2/c1-12(2)14-7-6-13(3)15(8-14)9-18-11-16(4,5)10-17/h6-8,12,18H,9,11H2,1-5H3. The number of hydrogen-bond acceptors (Lipinski definition) is 2. The lowest BCUT2D eigenvalue weighted by Crippen LogP contribution is -2.28. The molecule has 0 aliphatic heterocycles. The lowest BCUT2D eigenvalue weighted by molar-refractivity contribution is 0.444. The molecule has 2 nitrogen and oxygen atoms in total. The fourth-order valence-corrected chi connectivity index (χ4v) is 1.79. The van der Waals surface area contributed by atoms with E-state index in [0.29, 0.717) is 5.92 Å². The number of hydrogen-bond donors (Lipinski definition) is 1. The Morgan fingerprint density at radius 1 is 1.33 bits per heavy atom. The van der Waals surface area contributed by atoms with Crippen LogP contribution in [0.15, 0.2) is 18.2 Å². The van der Waals surface area contributed by atoms with Gasteiger partial charge in [0.25, 0.3) is 0 Å². The number of nitrogens with zero attached hydrogens (tertiary/aromatic N) is 1. The molecule has 0 aliphatic carbocycles. The van der Waals surface area contributed by atoms with Crippen molar-refractivity contribution in [3.05, 3.63) is 34.9 Å². The first-order chi connectivity index (χ1) is 8.35. The monoisotopic (exact) mass is 244 g/mol. The summed E-state index contributed by atoms with van der Waals surface area (Å²) in [5.41, 5.74) is 3.71. The second-order valence-corrected chi connectivity index (χ2v) is 5.94. The second-order valence-electron chi connectivity index (χ2n) is 5.94. The molecule has 1 aromatic carbocycles. The van der Waals surface area contributed by atoms with Crippen molar-refractivity contribution < 1.29 is 0 Å². The van der Waals surface area contributed by atoms with Gasteiger partial charge in [-0.2, -0.15) is 5.26 Å². The van der Waals surface area contributed by atoms with Crippen LogP contribution in [0.25, 0.3) is 0 Å². The minimum atomic E-state index is -0.302. The van der Waals surface area contributed by atoms with Crippen molar-refractivity contribution in [2.75, 3.05) is 6.54 Å². The van der Waals surface area contributed by atoms with Gasteiger partial charge in [0.15, 0.2) is 0 Å². The third-order valence-corrected chi connectivity index (χ3v) is 3.22. The third kappa shape index (κ3) is 4.16. The molecule has 0 amide bonds. The van der Waals surface area contributed by atoms with Gasteiger partial charge >= 0.3 is 0 Å². The normalized spacial score (nSPS) is 11.6. The van der Waals surface area contributed by atoms with Crippen molar-refractivity contribution in [1.82, 2.24) is 5.32 Å². The highest BCUT2D eigenvalue weighted by atomic mass is 14.9. The zero-order valence-corrected chi connectivity index (χ0v) is 12.2. The van der Waals surface area contributed by atoms with Gasteiger partial charge in [-0.3, -0.25) is 0 Å². The molecule has 0 unspecified atom stereocenters. The van der Waals surface area contributed by atoms with Crippen LogP contribution in [-0.4, -0.2) is 6.54 Å². The van der Waals surface area contributed by atoms with Crippen LogP contribution in [0.5, 0.6) is 0 Å². The van der Waals surface area contributed by atoms with Crippen LogP contribution in [0.4, 0.5) is 0 Å². The Hall–Kier alpha value is -1.33. The molecule has 1 aromatic rings. The molecular formula is C16H24N2. The molecule has 0 saturated carbocycles. The summed E-state index contributed by atoms with van der Waals surface area (Å²) in [6.45, 7) is 12.0. The van der Waals surface area contributed by atoms with Gasteiger partial charge < -0.3 is 5.32 Å². The molecule has 0 spiro atoms. The van der Waals surface area contributed by atoms with Gasteiger partial charge in [-0.1, -0.05) is 32.0 Å². The van der Waals surface area contributed by atoms with Gasteiger partial charge in [-0.25, -0.2) is 0 Å². The minimum absolute atomic E-state index is 0.302. The summed E-state index contributed by atoms with van der Waals surface area (Å²) in [7, 11) is 0. The molecule has 0 atom stereocenters. The quantitative estimate of drug-likeness (QED) is 0.856. The maximum atomic E-state index is 8.97. The van der Waals surface area contributed by atoms with Gasteiger partial charge in [-0.15, -0.1) is 0 Å². The number of benzene rings is 1. The smallest absolute Gasteiger partial charge is 0.0697 e. The van der Waals surface area contributed by atoms with Gasteiger partial charge in [0.05, 0.1) is 11.5 Å². The van der Waals surface area contributed by atoms with Crippen LogP contribution >= 0.6 is 0 Å². The number of nitriles is 1. The lowest BCUT2D eigenvalue weighted by atomic mass is 9.95. The van der Waals surface area contributed by atoms with E-state index in [1.165, 1.54) is 16.7 Å². The van der Waals surface area contributed by atoms with E-state index in [2.05, 4.69) is 50.4 Å². The summed E-state index contributed by atoms with van der Waals surface area (Å²) < 4.78 is 0. The molecule has 0 saturated heterocycles. The molecule has 18 heavy (non-hydrogen) atoms. The van der Waals surface area contributed by atoms with Crippen molar-refractivity contribution in [3.63, 3.8) is 0 Å². The van der Waals surface area contributed by atoms with E-state index in [-0.39, 0.29) is 5.41 Å². The van der Waals surface area contributed by atoms with E-state index >= 15 is 0 Å². The van der Waals surface area contributed by atoms with E-state index in [4.69, 9.17) is 5.26 Å². The maximum absolute atomic E-state index is 8.97. The highest BCUT2D eigenvalue weighted by molar-refractivity contribution is 5.32. The summed E-state index contributed by atoms with van der Waals surface area (Å²) in [5.74, 6) is 0.555. The Balaban J connectivity index is 2.68. The van der Waals surface area contributed by atoms with E-state index in [9.17, 15) is 0 Å². The predicted octanol–water partition coefficient (Wildman–Crippen LogP) is 3.76. The first-order valence-corrected chi connectivity index (χ1v) is 6.57. The van der Waals surface area contributed by atoms with E-state index in [0.717, 1.165) is 13.1 Å². The highest BCUT2D eigenvalue weighted by Gasteiger charge is 2.15. The summed E-state index contributed by atoms with van der Waals surface area (Å²) in [4.78, 5) is 0. The Morgan fingerprint density at radius 2 is 2.00 bits per heavy atom. The molecule has 0 fully saturated rings. The maximum Gasteiger partial charge on any atom is 0.0697 e. The van der Waals surface area contributed by atoms with Crippen molar-refractivity contribution in [1.29, 1.82) is 5.26 Å². The molecule has 1 N–H and O–H groups in total. The Bertz CT molecular complexity index is 439. The lowest BCUT2D eigenvalue weighted by Gasteiger charge is -2.17. The molecule has 98 valence electrons. The molecule has 0 radical (unpaired) electrons. The largest absolute Gasteiger partial charge is 0.311 e. The van der Waals surface area contributed by atoms with Gasteiger partial charge in [0.1, 0.15) is 0 Å². The molecule has 0 aromatic heterocycles.